The van der Waals surface area contributed by atoms with E-state index < -0.39 is 0 Å². The van der Waals surface area contributed by atoms with Crippen LogP contribution in [-0.2, 0) is 0 Å². The summed E-state index contributed by atoms with van der Waals surface area (Å²) < 4.78 is 10.5. The van der Waals surface area contributed by atoms with Crippen molar-refractivity contribution >= 4 is 23.5 Å². The van der Waals surface area contributed by atoms with Gasteiger partial charge in [-0.1, -0.05) is 6.08 Å². The Balaban J connectivity index is 1.89. The average molecular weight is 263 g/mol. The van der Waals surface area contributed by atoms with Crippen molar-refractivity contribution in [3.8, 4) is 11.5 Å². The predicted molar refractivity (Wildman–Crippen MR) is 74.1 cm³/mol. The second kappa shape index (κ2) is 6.02. The van der Waals surface area contributed by atoms with Gasteiger partial charge in [0.05, 0.1) is 6.21 Å². The molecular weight excluding hydrogens is 250 g/mol. The summed E-state index contributed by atoms with van der Waals surface area (Å²) in [7, 11) is 0. The molecular formula is C12H13N3O2S. The van der Waals surface area contributed by atoms with Crippen LogP contribution in [0.3, 0.4) is 0 Å². The maximum absolute atomic E-state index is 5.27. The van der Waals surface area contributed by atoms with Crippen LogP contribution in [0.5, 0.6) is 11.5 Å². The Kier molecular flexibility index (Phi) is 4.14. The highest BCUT2D eigenvalue weighted by atomic mass is 32.1. The molecule has 1 aromatic rings. The first-order chi connectivity index (χ1) is 8.79. The van der Waals surface area contributed by atoms with Gasteiger partial charge in [0.2, 0.25) is 6.79 Å². The van der Waals surface area contributed by atoms with Gasteiger partial charge in [-0.25, -0.2) is 0 Å². The molecule has 0 saturated heterocycles. The zero-order chi connectivity index (χ0) is 12.8. The van der Waals surface area contributed by atoms with Gasteiger partial charge in [0.15, 0.2) is 16.6 Å². The van der Waals surface area contributed by atoms with Gasteiger partial charge in [0, 0.05) is 6.54 Å². The quantitative estimate of drug-likeness (QED) is 0.372. The number of hydrogen-bond acceptors (Lipinski definition) is 4. The SMILES string of the molecule is C=CCNC(=S)N/N=C/c1ccc2c(c1)OCO2. The van der Waals surface area contributed by atoms with Crippen LogP contribution < -0.4 is 20.2 Å². The first kappa shape index (κ1) is 12.4. The zero-order valence-corrected chi connectivity index (χ0v) is 10.5. The van der Waals surface area contributed by atoms with E-state index in [9.17, 15) is 0 Å². The fourth-order valence-electron chi connectivity index (χ4n) is 1.36. The molecule has 0 unspecified atom stereocenters. The summed E-state index contributed by atoms with van der Waals surface area (Å²) >= 11 is 4.99. The summed E-state index contributed by atoms with van der Waals surface area (Å²) in [5.41, 5.74) is 3.60. The zero-order valence-electron chi connectivity index (χ0n) is 9.68. The van der Waals surface area contributed by atoms with E-state index in [4.69, 9.17) is 21.7 Å². The molecule has 0 atom stereocenters. The molecule has 0 fully saturated rings. The fraction of sp³-hybridized carbons (Fsp3) is 0.167. The van der Waals surface area contributed by atoms with Crippen molar-refractivity contribution in [3.05, 3.63) is 36.4 Å². The first-order valence-electron chi connectivity index (χ1n) is 5.37. The third kappa shape index (κ3) is 3.21. The number of nitrogens with one attached hydrogen (secondary N) is 2. The van der Waals surface area contributed by atoms with Crippen molar-refractivity contribution in [1.29, 1.82) is 0 Å². The third-order valence-electron chi connectivity index (χ3n) is 2.18. The minimum Gasteiger partial charge on any atom is -0.454 e. The van der Waals surface area contributed by atoms with Crippen LogP contribution in [0.25, 0.3) is 0 Å². The number of nitrogens with zero attached hydrogens (tertiary/aromatic N) is 1. The Morgan fingerprint density at radius 3 is 3.11 bits per heavy atom. The molecule has 6 heteroatoms. The second-order valence-corrected chi connectivity index (χ2v) is 3.89. The van der Waals surface area contributed by atoms with Crippen molar-refractivity contribution in [2.75, 3.05) is 13.3 Å². The van der Waals surface area contributed by atoms with E-state index in [1.54, 1.807) is 12.3 Å². The minimum absolute atomic E-state index is 0.268. The molecule has 2 N–H and O–H groups in total. The molecule has 0 radical (unpaired) electrons. The van der Waals surface area contributed by atoms with E-state index in [2.05, 4.69) is 22.4 Å². The first-order valence-corrected chi connectivity index (χ1v) is 5.78. The van der Waals surface area contributed by atoms with Crippen LogP contribution in [-0.4, -0.2) is 24.7 Å². The van der Waals surface area contributed by atoms with E-state index in [0.717, 1.165) is 17.1 Å². The molecule has 0 bridgehead atoms. The Labute approximate surface area is 110 Å². The lowest BCUT2D eigenvalue weighted by molar-refractivity contribution is 0.174. The molecule has 5 nitrogen and oxygen atoms in total. The summed E-state index contributed by atoms with van der Waals surface area (Å²) in [5, 5.41) is 7.37. The van der Waals surface area contributed by atoms with Crippen LogP contribution >= 0.6 is 12.2 Å². The van der Waals surface area contributed by atoms with Gasteiger partial charge in [-0.05, 0) is 36.0 Å². The largest absolute Gasteiger partial charge is 0.454 e. The van der Waals surface area contributed by atoms with Gasteiger partial charge in [-0.2, -0.15) is 5.10 Å². The number of rotatable bonds is 4. The Hall–Kier alpha value is -2.08. The van der Waals surface area contributed by atoms with Gasteiger partial charge < -0.3 is 14.8 Å². The molecule has 0 spiro atoms. The molecule has 94 valence electrons. The lowest BCUT2D eigenvalue weighted by Crippen LogP contribution is -2.31. The topological polar surface area (TPSA) is 54.9 Å². The van der Waals surface area contributed by atoms with E-state index >= 15 is 0 Å². The standard InChI is InChI=1S/C12H13N3O2S/c1-2-5-13-12(18)15-14-7-9-3-4-10-11(6-9)17-8-16-10/h2-4,6-7H,1,5,8H2,(H2,13,15,18)/b14-7+. The van der Waals surface area contributed by atoms with Crippen molar-refractivity contribution in [2.24, 2.45) is 5.10 Å². The van der Waals surface area contributed by atoms with Gasteiger partial charge in [-0.3, -0.25) is 5.43 Å². The van der Waals surface area contributed by atoms with Crippen molar-refractivity contribution in [3.63, 3.8) is 0 Å². The molecule has 1 aliphatic rings. The number of benzene rings is 1. The summed E-state index contributed by atoms with van der Waals surface area (Å²) in [6.45, 7) is 4.45. The van der Waals surface area contributed by atoms with Crippen LogP contribution in [0, 0.1) is 0 Å². The normalized spacial score (nSPS) is 12.4. The summed E-state index contributed by atoms with van der Waals surface area (Å²) in [5.74, 6) is 1.48. The number of ether oxygens (including phenoxy) is 2. The van der Waals surface area contributed by atoms with Crippen LogP contribution in [0.15, 0.2) is 36.0 Å². The third-order valence-corrected chi connectivity index (χ3v) is 2.42. The molecule has 1 heterocycles. The fourth-order valence-corrected chi connectivity index (χ4v) is 1.50. The molecule has 1 aromatic carbocycles. The van der Waals surface area contributed by atoms with Crippen molar-refractivity contribution < 1.29 is 9.47 Å². The van der Waals surface area contributed by atoms with E-state index in [-0.39, 0.29) is 6.79 Å². The molecule has 1 aliphatic heterocycles. The number of hydrogen-bond donors (Lipinski definition) is 2. The number of thiocarbonyl (C=S) groups is 1. The lowest BCUT2D eigenvalue weighted by Gasteiger charge is -2.03. The highest BCUT2D eigenvalue weighted by Crippen LogP contribution is 2.31. The Bertz CT molecular complexity index is 488. The highest BCUT2D eigenvalue weighted by molar-refractivity contribution is 7.80. The van der Waals surface area contributed by atoms with E-state index in [1.807, 2.05) is 18.2 Å². The van der Waals surface area contributed by atoms with Crippen molar-refractivity contribution in [1.82, 2.24) is 10.7 Å². The van der Waals surface area contributed by atoms with Gasteiger partial charge in [0.1, 0.15) is 0 Å². The summed E-state index contributed by atoms with van der Waals surface area (Å²) in [6, 6.07) is 5.59. The lowest BCUT2D eigenvalue weighted by atomic mass is 10.2. The molecule has 0 saturated carbocycles. The predicted octanol–water partition coefficient (Wildman–Crippen LogP) is 1.40. The minimum atomic E-state index is 0.268. The van der Waals surface area contributed by atoms with Gasteiger partial charge in [-0.15, -0.1) is 6.58 Å². The number of hydrazone groups is 1. The average Bonchev–Trinajstić information content (AvgIpc) is 2.83. The molecule has 0 aliphatic carbocycles. The van der Waals surface area contributed by atoms with E-state index in [1.165, 1.54) is 0 Å². The molecule has 0 aromatic heterocycles. The van der Waals surface area contributed by atoms with Gasteiger partial charge >= 0.3 is 0 Å². The monoisotopic (exact) mass is 263 g/mol. The Morgan fingerprint density at radius 2 is 2.28 bits per heavy atom. The molecule has 2 rings (SSSR count). The molecule has 0 amide bonds. The maximum atomic E-state index is 5.27. The van der Waals surface area contributed by atoms with Gasteiger partial charge in [0.25, 0.3) is 0 Å². The van der Waals surface area contributed by atoms with Crippen molar-refractivity contribution in [2.45, 2.75) is 0 Å². The summed E-state index contributed by atoms with van der Waals surface area (Å²) in [4.78, 5) is 0. The van der Waals surface area contributed by atoms with E-state index in [0.29, 0.717) is 11.7 Å². The highest BCUT2D eigenvalue weighted by Gasteiger charge is 2.12. The molecule has 18 heavy (non-hydrogen) atoms. The van der Waals surface area contributed by atoms with Crippen LogP contribution in [0.4, 0.5) is 0 Å². The van der Waals surface area contributed by atoms with Crippen LogP contribution in [0.1, 0.15) is 5.56 Å². The summed E-state index contributed by atoms with van der Waals surface area (Å²) in [6.07, 6.45) is 3.37. The maximum Gasteiger partial charge on any atom is 0.231 e. The Morgan fingerprint density at radius 1 is 1.44 bits per heavy atom. The van der Waals surface area contributed by atoms with Crippen LogP contribution in [0.2, 0.25) is 0 Å². The number of fused-ring (bicyclic) bond motifs is 1. The second-order valence-electron chi connectivity index (χ2n) is 3.48. The smallest absolute Gasteiger partial charge is 0.231 e.